The van der Waals surface area contributed by atoms with E-state index in [-0.39, 0.29) is 23.3 Å². The molecule has 1 fully saturated rings. The first kappa shape index (κ1) is 15.5. The Morgan fingerprint density at radius 3 is 2.86 bits per heavy atom. The first-order valence-corrected chi connectivity index (χ1v) is 6.82. The Hall–Kier alpha value is -1.86. The second-order valence-electron chi connectivity index (χ2n) is 4.81. The summed E-state index contributed by atoms with van der Waals surface area (Å²) < 4.78 is 15.9. The molecule has 0 bridgehead atoms. The Labute approximate surface area is 122 Å². The number of carbonyl (C=O) groups is 2. The van der Waals surface area contributed by atoms with Gasteiger partial charge in [0.1, 0.15) is 11.3 Å². The van der Waals surface area contributed by atoms with Gasteiger partial charge in [0, 0.05) is 32.7 Å². The van der Waals surface area contributed by atoms with Crippen LogP contribution in [0.15, 0.2) is 10.5 Å². The second-order valence-corrected chi connectivity index (χ2v) is 4.81. The summed E-state index contributed by atoms with van der Waals surface area (Å²) in [5.74, 6) is -1.04. The van der Waals surface area contributed by atoms with Gasteiger partial charge >= 0.3 is 5.97 Å². The van der Waals surface area contributed by atoms with Crippen molar-refractivity contribution in [3.8, 4) is 0 Å². The van der Waals surface area contributed by atoms with Crippen molar-refractivity contribution in [3.63, 3.8) is 0 Å². The van der Waals surface area contributed by atoms with Gasteiger partial charge in [-0.05, 0) is 0 Å². The van der Waals surface area contributed by atoms with Crippen molar-refractivity contribution in [2.24, 2.45) is 0 Å². The number of hydrogen-bond donors (Lipinski definition) is 1. The highest BCUT2D eigenvalue weighted by Crippen LogP contribution is 2.19. The maximum Gasteiger partial charge on any atom is 0.339 e. The number of hydrogen-bond acceptors (Lipinski definition) is 5. The lowest BCUT2D eigenvalue weighted by Gasteiger charge is -2.32. The van der Waals surface area contributed by atoms with Gasteiger partial charge in [-0.2, -0.15) is 0 Å². The molecule has 0 radical (unpaired) electrons. The highest BCUT2D eigenvalue weighted by Gasteiger charge is 2.28. The number of furan rings is 1. The van der Waals surface area contributed by atoms with Gasteiger partial charge < -0.3 is 23.9 Å². The highest BCUT2D eigenvalue weighted by molar-refractivity contribution is 5.96. The van der Waals surface area contributed by atoms with Gasteiger partial charge in [-0.25, -0.2) is 4.79 Å². The number of carbonyl (C=O) groups excluding carboxylic acids is 1. The third-order valence-electron chi connectivity index (χ3n) is 3.35. The van der Waals surface area contributed by atoms with Crippen molar-refractivity contribution in [2.75, 3.05) is 33.4 Å². The minimum Gasteiger partial charge on any atom is -0.478 e. The van der Waals surface area contributed by atoms with E-state index in [2.05, 4.69) is 0 Å². The average molecular weight is 297 g/mol. The number of aryl methyl sites for hydroxylation is 1. The monoisotopic (exact) mass is 297 g/mol. The van der Waals surface area contributed by atoms with Crippen LogP contribution in [0.1, 0.15) is 33.6 Å². The maximum atomic E-state index is 12.4. The zero-order chi connectivity index (χ0) is 15.4. The highest BCUT2D eigenvalue weighted by atomic mass is 16.5. The molecule has 1 aromatic rings. The zero-order valence-corrected chi connectivity index (χ0v) is 12.1. The molecule has 0 aromatic carbocycles. The quantitative estimate of drug-likeness (QED) is 0.873. The number of carboxylic acid groups (broad SMARTS) is 1. The molecule has 2 rings (SSSR count). The van der Waals surface area contributed by atoms with Crippen LogP contribution in [0.4, 0.5) is 0 Å². The molecule has 7 nitrogen and oxygen atoms in total. The molecule has 116 valence electrons. The third kappa shape index (κ3) is 3.43. The molecular weight excluding hydrogens is 278 g/mol. The summed E-state index contributed by atoms with van der Waals surface area (Å²) in [7, 11) is 1.57. The molecule has 1 unspecified atom stereocenters. The molecule has 1 amide bonds. The molecule has 2 heterocycles. The molecule has 1 aromatic heterocycles. The number of amides is 1. The molecule has 21 heavy (non-hydrogen) atoms. The van der Waals surface area contributed by atoms with Gasteiger partial charge in [0.05, 0.1) is 19.3 Å². The Kier molecular flexibility index (Phi) is 4.98. The van der Waals surface area contributed by atoms with Crippen LogP contribution >= 0.6 is 0 Å². The summed E-state index contributed by atoms with van der Waals surface area (Å²) in [6.07, 6.45) is 0.247. The van der Waals surface area contributed by atoms with Gasteiger partial charge in [0.15, 0.2) is 5.76 Å². The van der Waals surface area contributed by atoms with Crippen molar-refractivity contribution in [1.29, 1.82) is 0 Å². The fourth-order valence-corrected chi connectivity index (χ4v) is 2.32. The number of carboxylic acids is 1. The summed E-state index contributed by atoms with van der Waals surface area (Å²) in [4.78, 5) is 25.1. The predicted molar refractivity (Wildman–Crippen MR) is 72.6 cm³/mol. The minimum atomic E-state index is -1.09. The smallest absolute Gasteiger partial charge is 0.339 e. The topological polar surface area (TPSA) is 89.2 Å². The van der Waals surface area contributed by atoms with Crippen LogP contribution in [0.2, 0.25) is 0 Å². The SMILES string of the molecule is CCc1oc(C(=O)N2CCOC(COC)C2)cc1C(=O)O. The number of nitrogens with zero attached hydrogens (tertiary/aromatic N) is 1. The second kappa shape index (κ2) is 6.73. The molecule has 1 atom stereocenters. The predicted octanol–water partition coefficient (Wildman–Crippen LogP) is 1.03. The Morgan fingerprint density at radius 1 is 1.52 bits per heavy atom. The van der Waals surface area contributed by atoms with E-state index in [4.69, 9.17) is 19.0 Å². The zero-order valence-electron chi connectivity index (χ0n) is 12.1. The lowest BCUT2D eigenvalue weighted by molar-refractivity contribution is -0.0536. The van der Waals surface area contributed by atoms with E-state index in [1.165, 1.54) is 6.07 Å². The summed E-state index contributed by atoms with van der Waals surface area (Å²) >= 11 is 0. The molecule has 0 aliphatic carbocycles. The average Bonchev–Trinajstić information content (AvgIpc) is 2.91. The van der Waals surface area contributed by atoms with E-state index in [1.54, 1.807) is 18.9 Å². The van der Waals surface area contributed by atoms with Crippen LogP contribution < -0.4 is 0 Å². The standard InChI is InChI=1S/C14H19NO6/c1-3-11-10(14(17)18)6-12(21-11)13(16)15-4-5-20-9(7-15)8-19-2/h6,9H,3-5,7-8H2,1-2H3,(H,17,18). The number of morpholine rings is 1. The van der Waals surface area contributed by atoms with Crippen LogP contribution in [0.25, 0.3) is 0 Å². The lowest BCUT2D eigenvalue weighted by atomic mass is 10.2. The third-order valence-corrected chi connectivity index (χ3v) is 3.35. The Bertz CT molecular complexity index is 522. The molecule has 1 aliphatic heterocycles. The van der Waals surface area contributed by atoms with Crippen molar-refractivity contribution in [1.82, 2.24) is 4.90 Å². The minimum absolute atomic E-state index is 0.0440. The molecule has 0 spiro atoms. The van der Waals surface area contributed by atoms with Gasteiger partial charge in [0.25, 0.3) is 5.91 Å². The van der Waals surface area contributed by atoms with Gasteiger partial charge in [-0.3, -0.25) is 4.79 Å². The normalized spacial score (nSPS) is 18.8. The van der Waals surface area contributed by atoms with E-state index in [0.29, 0.717) is 38.5 Å². The number of rotatable bonds is 5. The van der Waals surface area contributed by atoms with E-state index in [1.807, 2.05) is 0 Å². The summed E-state index contributed by atoms with van der Waals surface area (Å²) in [5.41, 5.74) is 0.0440. The van der Waals surface area contributed by atoms with Crippen molar-refractivity contribution >= 4 is 11.9 Å². The van der Waals surface area contributed by atoms with Crippen LogP contribution in [0, 0.1) is 0 Å². The fraction of sp³-hybridized carbons (Fsp3) is 0.571. The van der Waals surface area contributed by atoms with Gasteiger partial charge in [-0.15, -0.1) is 0 Å². The van der Waals surface area contributed by atoms with Crippen molar-refractivity contribution in [3.05, 3.63) is 23.2 Å². The van der Waals surface area contributed by atoms with Crippen molar-refractivity contribution in [2.45, 2.75) is 19.4 Å². The largest absolute Gasteiger partial charge is 0.478 e. The van der Waals surface area contributed by atoms with Crippen molar-refractivity contribution < 1.29 is 28.6 Å². The van der Waals surface area contributed by atoms with Crippen LogP contribution in [-0.2, 0) is 15.9 Å². The fourth-order valence-electron chi connectivity index (χ4n) is 2.32. The van der Waals surface area contributed by atoms with Gasteiger partial charge in [0.2, 0.25) is 0 Å². The van der Waals surface area contributed by atoms with Gasteiger partial charge in [-0.1, -0.05) is 6.92 Å². The molecule has 7 heteroatoms. The van der Waals surface area contributed by atoms with E-state index in [9.17, 15) is 9.59 Å². The Morgan fingerprint density at radius 2 is 2.29 bits per heavy atom. The van der Waals surface area contributed by atoms with Crippen LogP contribution in [0.3, 0.4) is 0 Å². The maximum absolute atomic E-state index is 12.4. The number of methoxy groups -OCH3 is 1. The first-order chi connectivity index (χ1) is 10.1. The molecule has 1 N–H and O–H groups in total. The van der Waals surface area contributed by atoms with Crippen LogP contribution in [0.5, 0.6) is 0 Å². The molecule has 1 saturated heterocycles. The molecule has 0 saturated carbocycles. The van der Waals surface area contributed by atoms with E-state index >= 15 is 0 Å². The summed E-state index contributed by atoms with van der Waals surface area (Å²) in [6, 6.07) is 1.30. The van der Waals surface area contributed by atoms with E-state index < -0.39 is 5.97 Å². The Balaban J connectivity index is 2.14. The molecule has 1 aliphatic rings. The summed E-state index contributed by atoms with van der Waals surface area (Å²) in [5, 5.41) is 9.09. The number of ether oxygens (including phenoxy) is 2. The van der Waals surface area contributed by atoms with Crippen LogP contribution in [-0.4, -0.2) is 61.4 Å². The molecular formula is C14H19NO6. The number of aromatic carboxylic acids is 1. The first-order valence-electron chi connectivity index (χ1n) is 6.82. The summed E-state index contributed by atoms with van der Waals surface area (Å²) in [6.45, 7) is 3.46. The van der Waals surface area contributed by atoms with E-state index in [0.717, 1.165) is 0 Å². The lowest BCUT2D eigenvalue weighted by Crippen LogP contribution is -2.47.